The number of aryl methyl sites for hydroxylation is 3. The van der Waals surface area contributed by atoms with Crippen LogP contribution in [0.1, 0.15) is 35.4 Å². The van der Waals surface area contributed by atoms with Crippen LogP contribution in [-0.4, -0.2) is 44.2 Å². The largest absolute Gasteiger partial charge is 0.464 e. The van der Waals surface area contributed by atoms with Crippen molar-refractivity contribution < 1.29 is 14.3 Å². The van der Waals surface area contributed by atoms with Crippen LogP contribution >= 0.6 is 0 Å². The van der Waals surface area contributed by atoms with Gasteiger partial charge in [-0.05, 0) is 50.8 Å². The predicted octanol–water partition coefficient (Wildman–Crippen LogP) is 3.15. The first-order chi connectivity index (χ1) is 13.3. The molecule has 0 unspecified atom stereocenters. The van der Waals surface area contributed by atoms with E-state index in [1.54, 1.807) is 12.5 Å². The van der Waals surface area contributed by atoms with E-state index >= 15 is 0 Å². The fourth-order valence-electron chi connectivity index (χ4n) is 4.25. The summed E-state index contributed by atoms with van der Waals surface area (Å²) >= 11 is 0. The Morgan fingerprint density at radius 2 is 2.00 bits per heavy atom. The van der Waals surface area contributed by atoms with Crippen LogP contribution in [0.2, 0.25) is 0 Å². The third kappa shape index (κ3) is 3.56. The van der Waals surface area contributed by atoms with Gasteiger partial charge in [0.1, 0.15) is 11.4 Å². The van der Waals surface area contributed by atoms with E-state index in [9.17, 15) is 9.90 Å². The molecule has 0 saturated carbocycles. The topological polar surface area (TPSA) is 71.5 Å². The van der Waals surface area contributed by atoms with Crippen molar-refractivity contribution >= 4 is 16.9 Å². The standard InChI is InChI=1S/C22H27N3O3/c1-15-10-16(2)21-18(13-28-19(21)11-15)12-20(26)24-7-4-22(27,5-8-24)14-25-9-6-23-17(25)3/h6,9-11,13,27H,4-5,7-8,12,14H2,1-3H3. The first kappa shape index (κ1) is 18.7. The minimum Gasteiger partial charge on any atom is -0.464 e. The Hall–Kier alpha value is -2.60. The van der Waals surface area contributed by atoms with E-state index in [1.807, 2.05) is 35.6 Å². The monoisotopic (exact) mass is 381 g/mol. The first-order valence-electron chi connectivity index (χ1n) is 9.80. The molecule has 1 aliphatic heterocycles. The molecule has 148 valence electrons. The molecule has 0 aliphatic carbocycles. The number of hydrogen-bond acceptors (Lipinski definition) is 4. The molecule has 0 spiro atoms. The second-order valence-electron chi connectivity index (χ2n) is 8.10. The molecule has 3 heterocycles. The molecular formula is C22H27N3O3. The summed E-state index contributed by atoms with van der Waals surface area (Å²) in [7, 11) is 0. The predicted molar refractivity (Wildman–Crippen MR) is 107 cm³/mol. The van der Waals surface area contributed by atoms with Crippen molar-refractivity contribution in [3.8, 4) is 0 Å². The van der Waals surface area contributed by atoms with E-state index in [0.717, 1.165) is 33.5 Å². The highest BCUT2D eigenvalue weighted by atomic mass is 16.3. The van der Waals surface area contributed by atoms with E-state index < -0.39 is 5.60 Å². The van der Waals surface area contributed by atoms with Gasteiger partial charge in [0, 0.05) is 36.4 Å². The van der Waals surface area contributed by atoms with Crippen LogP contribution in [0.4, 0.5) is 0 Å². The molecule has 1 aliphatic rings. The van der Waals surface area contributed by atoms with Crippen LogP contribution in [-0.2, 0) is 17.8 Å². The second kappa shape index (κ2) is 7.09. The number of benzene rings is 1. The molecule has 6 nitrogen and oxygen atoms in total. The molecule has 3 aromatic rings. The molecule has 2 aromatic heterocycles. The Labute approximate surface area is 164 Å². The number of amides is 1. The molecule has 1 amide bonds. The maximum atomic E-state index is 12.9. The molecule has 1 aromatic carbocycles. The molecule has 28 heavy (non-hydrogen) atoms. The Morgan fingerprint density at radius 1 is 1.25 bits per heavy atom. The number of aromatic nitrogens is 2. The highest BCUT2D eigenvalue weighted by molar-refractivity contribution is 5.90. The van der Waals surface area contributed by atoms with Crippen molar-refractivity contribution in [2.45, 2.75) is 52.2 Å². The Bertz CT molecular complexity index is 1010. The number of imidazole rings is 1. The van der Waals surface area contributed by atoms with Gasteiger partial charge in [0.25, 0.3) is 0 Å². The molecule has 6 heteroatoms. The van der Waals surface area contributed by atoms with Crippen LogP contribution in [0.3, 0.4) is 0 Å². The number of likely N-dealkylation sites (tertiary alicyclic amines) is 1. The number of nitrogens with zero attached hydrogens (tertiary/aromatic N) is 3. The summed E-state index contributed by atoms with van der Waals surface area (Å²) in [6.07, 6.45) is 6.81. The van der Waals surface area contributed by atoms with Crippen LogP contribution < -0.4 is 0 Å². The lowest BCUT2D eigenvalue weighted by atomic mass is 9.91. The number of furan rings is 1. The highest BCUT2D eigenvalue weighted by Crippen LogP contribution is 2.28. The van der Waals surface area contributed by atoms with Gasteiger partial charge < -0.3 is 19.0 Å². The maximum absolute atomic E-state index is 12.9. The van der Waals surface area contributed by atoms with Gasteiger partial charge in [-0.25, -0.2) is 4.98 Å². The zero-order valence-electron chi connectivity index (χ0n) is 16.7. The minimum atomic E-state index is -0.793. The zero-order valence-corrected chi connectivity index (χ0v) is 16.7. The maximum Gasteiger partial charge on any atom is 0.227 e. The van der Waals surface area contributed by atoms with Gasteiger partial charge in [-0.15, -0.1) is 0 Å². The number of piperidine rings is 1. The smallest absolute Gasteiger partial charge is 0.227 e. The van der Waals surface area contributed by atoms with Crippen LogP contribution in [0.15, 0.2) is 35.2 Å². The molecule has 1 N–H and O–H groups in total. The van der Waals surface area contributed by atoms with Crippen molar-refractivity contribution in [3.63, 3.8) is 0 Å². The van der Waals surface area contributed by atoms with Gasteiger partial charge in [0.05, 0.1) is 24.8 Å². The van der Waals surface area contributed by atoms with Gasteiger partial charge >= 0.3 is 0 Å². The number of rotatable bonds is 4. The average Bonchev–Trinajstić information content (AvgIpc) is 3.22. The van der Waals surface area contributed by atoms with Gasteiger partial charge in [-0.1, -0.05) is 6.07 Å². The molecule has 1 saturated heterocycles. The summed E-state index contributed by atoms with van der Waals surface area (Å²) in [6, 6.07) is 4.13. The van der Waals surface area contributed by atoms with Crippen molar-refractivity contribution in [3.05, 3.63) is 53.3 Å². The van der Waals surface area contributed by atoms with Crippen LogP contribution in [0.25, 0.3) is 11.0 Å². The zero-order chi connectivity index (χ0) is 19.9. The van der Waals surface area contributed by atoms with Crippen molar-refractivity contribution in [2.75, 3.05) is 13.1 Å². The molecule has 0 radical (unpaired) electrons. The number of carbonyl (C=O) groups is 1. The average molecular weight is 381 g/mol. The first-order valence-corrected chi connectivity index (χ1v) is 9.80. The third-order valence-electron chi connectivity index (χ3n) is 5.87. The van der Waals surface area contributed by atoms with Crippen molar-refractivity contribution in [1.29, 1.82) is 0 Å². The number of hydrogen-bond donors (Lipinski definition) is 1. The van der Waals surface area contributed by atoms with E-state index in [1.165, 1.54) is 0 Å². The molecule has 1 fully saturated rings. The van der Waals surface area contributed by atoms with Gasteiger partial charge in [0.2, 0.25) is 5.91 Å². The lowest BCUT2D eigenvalue weighted by Crippen LogP contribution is -2.49. The number of carbonyl (C=O) groups excluding carboxylic acids is 1. The summed E-state index contributed by atoms with van der Waals surface area (Å²) in [5.74, 6) is 0.980. The van der Waals surface area contributed by atoms with E-state index in [2.05, 4.69) is 18.0 Å². The molecular weight excluding hydrogens is 354 g/mol. The molecule has 4 rings (SSSR count). The number of fused-ring (bicyclic) bond motifs is 1. The minimum absolute atomic E-state index is 0.0866. The SMILES string of the molecule is Cc1cc(C)c2c(CC(=O)N3CCC(O)(Cn4ccnc4C)CC3)coc2c1. The Kier molecular flexibility index (Phi) is 4.75. The van der Waals surface area contributed by atoms with Crippen LogP contribution in [0.5, 0.6) is 0 Å². The summed E-state index contributed by atoms with van der Waals surface area (Å²) in [5, 5.41) is 12.0. The Morgan fingerprint density at radius 3 is 2.68 bits per heavy atom. The number of aliphatic hydroxyl groups is 1. The normalized spacial score (nSPS) is 16.6. The molecule has 0 bridgehead atoms. The highest BCUT2D eigenvalue weighted by Gasteiger charge is 2.34. The lowest BCUT2D eigenvalue weighted by Gasteiger charge is -2.38. The fourth-order valence-corrected chi connectivity index (χ4v) is 4.25. The lowest BCUT2D eigenvalue weighted by molar-refractivity contribution is -0.135. The van der Waals surface area contributed by atoms with Gasteiger partial charge in [0.15, 0.2) is 0 Å². The fraction of sp³-hybridized carbons (Fsp3) is 0.455. The van der Waals surface area contributed by atoms with E-state index in [-0.39, 0.29) is 5.91 Å². The van der Waals surface area contributed by atoms with Crippen molar-refractivity contribution in [1.82, 2.24) is 14.5 Å². The summed E-state index contributed by atoms with van der Waals surface area (Å²) < 4.78 is 7.65. The van der Waals surface area contributed by atoms with E-state index in [4.69, 9.17) is 4.42 Å². The van der Waals surface area contributed by atoms with Gasteiger partial charge in [-0.2, -0.15) is 0 Å². The third-order valence-corrected chi connectivity index (χ3v) is 5.87. The van der Waals surface area contributed by atoms with E-state index in [0.29, 0.717) is 38.9 Å². The summed E-state index contributed by atoms with van der Waals surface area (Å²) in [4.78, 5) is 18.9. The second-order valence-corrected chi connectivity index (χ2v) is 8.10. The summed E-state index contributed by atoms with van der Waals surface area (Å²) in [6.45, 7) is 7.68. The quantitative estimate of drug-likeness (QED) is 0.754. The van der Waals surface area contributed by atoms with Crippen LogP contribution in [0, 0.1) is 20.8 Å². The summed E-state index contributed by atoms with van der Waals surface area (Å²) in [5.41, 5.74) is 3.27. The molecule has 0 atom stereocenters. The van der Waals surface area contributed by atoms with Gasteiger partial charge in [-0.3, -0.25) is 4.79 Å². The van der Waals surface area contributed by atoms with Crippen molar-refractivity contribution in [2.24, 2.45) is 0 Å². The Balaban J connectivity index is 1.41.